The summed E-state index contributed by atoms with van der Waals surface area (Å²) >= 11 is 1.93. The first kappa shape index (κ1) is 13.6. The first-order valence-corrected chi connectivity index (χ1v) is 6.88. The van der Waals surface area contributed by atoms with E-state index in [1.165, 1.54) is 22.8 Å². The molecule has 0 amide bonds. The Kier molecular flexibility index (Phi) is 5.35. The zero-order valence-corrected chi connectivity index (χ0v) is 11.8. The van der Waals surface area contributed by atoms with Crippen molar-refractivity contribution in [2.45, 2.75) is 38.8 Å². The van der Waals surface area contributed by atoms with E-state index in [9.17, 15) is 0 Å². The van der Waals surface area contributed by atoms with Crippen molar-refractivity contribution < 1.29 is 0 Å². The first-order chi connectivity index (χ1) is 7.60. The second-order valence-electron chi connectivity index (χ2n) is 4.35. The molecule has 1 rings (SSSR count). The topological polar surface area (TPSA) is 29.9 Å². The van der Waals surface area contributed by atoms with Gasteiger partial charge in [-0.2, -0.15) is 5.10 Å². The van der Waals surface area contributed by atoms with Crippen LogP contribution in [0, 0.1) is 12.8 Å². The van der Waals surface area contributed by atoms with E-state index in [0.29, 0.717) is 0 Å². The van der Waals surface area contributed by atoms with Crippen LogP contribution in [0.2, 0.25) is 0 Å². The van der Waals surface area contributed by atoms with Gasteiger partial charge in [-0.25, -0.2) is 0 Å². The molecule has 3 nitrogen and oxygen atoms in total. The van der Waals surface area contributed by atoms with Crippen LogP contribution >= 0.6 is 11.8 Å². The van der Waals surface area contributed by atoms with Crippen molar-refractivity contribution in [2.24, 2.45) is 13.0 Å². The summed E-state index contributed by atoms with van der Waals surface area (Å²) in [6, 6.07) is 0. The van der Waals surface area contributed by atoms with E-state index in [0.717, 1.165) is 18.2 Å². The van der Waals surface area contributed by atoms with Crippen LogP contribution in [0.1, 0.15) is 31.5 Å². The zero-order valence-electron chi connectivity index (χ0n) is 11.0. The molecule has 0 saturated heterocycles. The third kappa shape index (κ3) is 3.25. The van der Waals surface area contributed by atoms with Gasteiger partial charge in [0, 0.05) is 24.9 Å². The highest BCUT2D eigenvalue weighted by molar-refractivity contribution is 7.99. The Bertz CT molecular complexity index is 333. The minimum absolute atomic E-state index is 0.766. The van der Waals surface area contributed by atoms with Gasteiger partial charge in [-0.3, -0.25) is 4.68 Å². The minimum Gasteiger partial charge on any atom is -0.316 e. The average molecular weight is 241 g/mol. The summed E-state index contributed by atoms with van der Waals surface area (Å²) < 4.78 is 2.01. The molecule has 0 aliphatic rings. The molecule has 0 aromatic carbocycles. The Balaban J connectivity index is 2.77. The Hall–Kier alpha value is -0.480. The number of nitrogens with zero attached hydrogens (tertiary/aromatic N) is 2. The van der Waals surface area contributed by atoms with Gasteiger partial charge in [-0.15, -0.1) is 11.8 Å². The maximum atomic E-state index is 4.49. The zero-order chi connectivity index (χ0) is 12.1. The molecule has 92 valence electrons. The highest BCUT2D eigenvalue weighted by atomic mass is 32.2. The molecule has 0 aliphatic heterocycles. The fraction of sp³-hybridized carbons (Fsp3) is 0.750. The molecule has 0 aliphatic carbocycles. The normalized spacial score (nSPS) is 13.1. The van der Waals surface area contributed by atoms with Crippen molar-refractivity contribution in [2.75, 3.05) is 12.8 Å². The number of hydrogen-bond acceptors (Lipinski definition) is 3. The van der Waals surface area contributed by atoms with Crippen molar-refractivity contribution in [1.82, 2.24) is 15.1 Å². The number of hydrogen-bond donors (Lipinski definition) is 1. The van der Waals surface area contributed by atoms with E-state index < -0.39 is 0 Å². The maximum absolute atomic E-state index is 4.49. The summed E-state index contributed by atoms with van der Waals surface area (Å²) in [7, 11) is 4.01. The first-order valence-electron chi connectivity index (χ1n) is 5.90. The molecule has 1 heterocycles. The number of aromatic nitrogens is 2. The number of aryl methyl sites for hydroxylation is 2. The lowest BCUT2D eigenvalue weighted by Gasteiger charge is -2.09. The van der Waals surface area contributed by atoms with E-state index in [1.807, 2.05) is 30.5 Å². The Morgan fingerprint density at radius 3 is 2.75 bits per heavy atom. The summed E-state index contributed by atoms with van der Waals surface area (Å²) in [5.74, 6) is 1.94. The second-order valence-corrected chi connectivity index (χ2v) is 5.36. The Morgan fingerprint density at radius 2 is 2.19 bits per heavy atom. The molecule has 0 saturated carbocycles. The smallest absolute Gasteiger partial charge is 0.0984 e. The average Bonchev–Trinajstić information content (AvgIpc) is 2.52. The summed E-state index contributed by atoms with van der Waals surface area (Å²) in [5.41, 5.74) is 2.49. The minimum atomic E-state index is 0.766. The quantitative estimate of drug-likeness (QED) is 0.776. The molecule has 1 N–H and O–H groups in total. The van der Waals surface area contributed by atoms with Crippen molar-refractivity contribution >= 4 is 11.8 Å². The van der Waals surface area contributed by atoms with Crippen LogP contribution in [-0.2, 0) is 13.6 Å². The van der Waals surface area contributed by atoms with Gasteiger partial charge in [-0.05, 0) is 19.9 Å². The van der Waals surface area contributed by atoms with Gasteiger partial charge in [0.15, 0.2) is 0 Å². The SMILES string of the molecule is CCC(C)CSc1c(CNC)c(C)nn1C. The summed E-state index contributed by atoms with van der Waals surface area (Å²) in [6.45, 7) is 7.53. The lowest BCUT2D eigenvalue weighted by Crippen LogP contribution is -2.07. The van der Waals surface area contributed by atoms with Crippen LogP contribution in [0.15, 0.2) is 5.03 Å². The van der Waals surface area contributed by atoms with Gasteiger partial charge < -0.3 is 5.32 Å². The fourth-order valence-corrected chi connectivity index (χ4v) is 2.88. The summed E-state index contributed by atoms with van der Waals surface area (Å²) in [5, 5.41) is 9.01. The molecular formula is C12H23N3S. The predicted molar refractivity (Wildman–Crippen MR) is 70.9 cm³/mol. The highest BCUT2D eigenvalue weighted by Crippen LogP contribution is 2.27. The molecule has 1 aromatic heterocycles. The van der Waals surface area contributed by atoms with E-state index in [-0.39, 0.29) is 0 Å². The molecule has 1 atom stereocenters. The lowest BCUT2D eigenvalue weighted by molar-refractivity contribution is 0.632. The molecule has 0 bridgehead atoms. The van der Waals surface area contributed by atoms with Gasteiger partial charge in [0.2, 0.25) is 0 Å². The predicted octanol–water partition coefficient (Wildman–Crippen LogP) is 2.59. The second kappa shape index (κ2) is 6.30. The highest BCUT2D eigenvalue weighted by Gasteiger charge is 2.13. The van der Waals surface area contributed by atoms with Gasteiger partial charge >= 0.3 is 0 Å². The van der Waals surface area contributed by atoms with Crippen LogP contribution < -0.4 is 5.32 Å². The number of thioether (sulfide) groups is 1. The summed E-state index contributed by atoms with van der Waals surface area (Å²) in [4.78, 5) is 0. The van der Waals surface area contributed by atoms with E-state index >= 15 is 0 Å². The van der Waals surface area contributed by atoms with Crippen LogP contribution in [0.5, 0.6) is 0 Å². The van der Waals surface area contributed by atoms with Crippen molar-refractivity contribution in [3.63, 3.8) is 0 Å². The van der Waals surface area contributed by atoms with E-state index in [4.69, 9.17) is 0 Å². The third-order valence-corrected chi connectivity index (χ3v) is 4.36. The molecular weight excluding hydrogens is 218 g/mol. The van der Waals surface area contributed by atoms with Crippen molar-refractivity contribution in [3.05, 3.63) is 11.3 Å². The van der Waals surface area contributed by atoms with Crippen LogP contribution in [-0.4, -0.2) is 22.6 Å². The van der Waals surface area contributed by atoms with Crippen LogP contribution in [0.3, 0.4) is 0 Å². The molecule has 1 aromatic rings. The van der Waals surface area contributed by atoms with Gasteiger partial charge in [0.25, 0.3) is 0 Å². The lowest BCUT2D eigenvalue weighted by atomic mass is 10.2. The van der Waals surface area contributed by atoms with Gasteiger partial charge in [0.1, 0.15) is 0 Å². The van der Waals surface area contributed by atoms with Crippen LogP contribution in [0.4, 0.5) is 0 Å². The molecule has 16 heavy (non-hydrogen) atoms. The molecule has 1 unspecified atom stereocenters. The largest absolute Gasteiger partial charge is 0.316 e. The van der Waals surface area contributed by atoms with E-state index in [2.05, 4.69) is 31.2 Å². The standard InChI is InChI=1S/C12H23N3S/c1-6-9(2)8-16-12-11(7-13-4)10(3)14-15(12)5/h9,13H,6-8H2,1-5H3. The molecule has 0 spiro atoms. The third-order valence-electron chi connectivity index (χ3n) is 2.84. The van der Waals surface area contributed by atoms with Crippen molar-refractivity contribution in [1.29, 1.82) is 0 Å². The van der Waals surface area contributed by atoms with E-state index in [1.54, 1.807) is 0 Å². The van der Waals surface area contributed by atoms with Gasteiger partial charge in [0.05, 0.1) is 10.7 Å². The summed E-state index contributed by atoms with van der Waals surface area (Å²) in [6.07, 6.45) is 1.24. The molecule has 0 fully saturated rings. The van der Waals surface area contributed by atoms with Crippen molar-refractivity contribution in [3.8, 4) is 0 Å². The van der Waals surface area contributed by atoms with Crippen LogP contribution in [0.25, 0.3) is 0 Å². The molecule has 4 heteroatoms. The Morgan fingerprint density at radius 1 is 1.50 bits per heavy atom. The fourth-order valence-electron chi connectivity index (χ4n) is 1.58. The molecule has 0 radical (unpaired) electrons. The monoisotopic (exact) mass is 241 g/mol. The number of rotatable bonds is 6. The Labute approximate surface area is 103 Å². The van der Waals surface area contributed by atoms with Gasteiger partial charge in [-0.1, -0.05) is 20.3 Å². The number of nitrogens with one attached hydrogen (secondary N) is 1. The maximum Gasteiger partial charge on any atom is 0.0984 e.